The zero-order valence-electron chi connectivity index (χ0n) is 13.5. The fourth-order valence-electron chi connectivity index (χ4n) is 1.93. The minimum Gasteiger partial charge on any atom is -0.336 e. The fourth-order valence-corrected chi connectivity index (χ4v) is 2.75. The molecule has 0 fully saturated rings. The van der Waals surface area contributed by atoms with Crippen molar-refractivity contribution in [1.82, 2.24) is 16.2 Å². The van der Waals surface area contributed by atoms with Crippen LogP contribution in [0.4, 0.5) is 4.79 Å². The first-order valence-electron chi connectivity index (χ1n) is 7.67. The number of hydrogen-bond acceptors (Lipinski definition) is 3. The molecule has 0 aromatic heterocycles. The van der Waals surface area contributed by atoms with Crippen LogP contribution in [0.3, 0.4) is 0 Å². The van der Waals surface area contributed by atoms with Crippen LogP contribution in [0.15, 0.2) is 54.6 Å². The van der Waals surface area contributed by atoms with Gasteiger partial charge in [-0.15, -0.1) is 0 Å². The Morgan fingerprint density at radius 1 is 0.958 bits per heavy atom. The molecule has 0 aliphatic rings. The van der Waals surface area contributed by atoms with Crippen LogP contribution >= 0.6 is 11.8 Å². The summed E-state index contributed by atoms with van der Waals surface area (Å²) < 4.78 is 0. The summed E-state index contributed by atoms with van der Waals surface area (Å²) in [7, 11) is 0. The molecule has 6 heteroatoms. The number of carbonyl (C=O) groups excluding carboxylic acids is 2. The Balaban J connectivity index is 1.56. The highest BCUT2D eigenvalue weighted by molar-refractivity contribution is 7.98. The molecular weight excluding hydrogens is 322 g/mol. The van der Waals surface area contributed by atoms with Crippen LogP contribution in [-0.2, 0) is 5.75 Å². The van der Waals surface area contributed by atoms with E-state index in [0.717, 1.165) is 11.5 Å². The van der Waals surface area contributed by atoms with Gasteiger partial charge in [0, 0.05) is 23.6 Å². The maximum Gasteiger partial charge on any atom is 0.333 e. The van der Waals surface area contributed by atoms with Gasteiger partial charge in [-0.25, -0.2) is 10.2 Å². The van der Waals surface area contributed by atoms with Crippen LogP contribution in [0, 0.1) is 6.92 Å². The molecule has 126 valence electrons. The number of rotatable bonds is 6. The van der Waals surface area contributed by atoms with Gasteiger partial charge in [-0.1, -0.05) is 48.0 Å². The van der Waals surface area contributed by atoms with E-state index in [9.17, 15) is 9.59 Å². The maximum atomic E-state index is 11.7. The number of hydrogen-bond donors (Lipinski definition) is 3. The molecule has 3 amide bonds. The molecular formula is C18H21N3O2S. The Hall–Kier alpha value is -2.47. The second-order valence-corrected chi connectivity index (χ2v) is 6.34. The van der Waals surface area contributed by atoms with E-state index in [2.05, 4.69) is 47.4 Å². The Morgan fingerprint density at radius 3 is 2.38 bits per heavy atom. The van der Waals surface area contributed by atoms with Gasteiger partial charge in [0.1, 0.15) is 0 Å². The van der Waals surface area contributed by atoms with E-state index < -0.39 is 6.03 Å². The van der Waals surface area contributed by atoms with E-state index in [1.165, 1.54) is 11.1 Å². The van der Waals surface area contributed by atoms with Crippen LogP contribution in [0.1, 0.15) is 21.5 Å². The lowest BCUT2D eigenvalue weighted by molar-refractivity contribution is 0.0936. The minimum absolute atomic E-state index is 0.348. The predicted octanol–water partition coefficient (Wildman–Crippen LogP) is 2.87. The third-order valence-corrected chi connectivity index (χ3v) is 4.28. The van der Waals surface area contributed by atoms with Gasteiger partial charge < -0.3 is 5.32 Å². The van der Waals surface area contributed by atoms with Gasteiger partial charge in [0.15, 0.2) is 0 Å². The highest BCUT2D eigenvalue weighted by Gasteiger charge is 2.05. The summed E-state index contributed by atoms with van der Waals surface area (Å²) in [6.45, 7) is 2.60. The fraction of sp³-hybridized carbons (Fsp3) is 0.222. The van der Waals surface area contributed by atoms with E-state index >= 15 is 0 Å². The molecule has 0 spiro atoms. The lowest BCUT2D eigenvalue weighted by atomic mass is 10.2. The Bertz CT molecular complexity index is 660. The van der Waals surface area contributed by atoms with E-state index in [1.807, 2.05) is 6.07 Å². The molecule has 2 aromatic carbocycles. The number of amides is 3. The van der Waals surface area contributed by atoms with Gasteiger partial charge in [0.2, 0.25) is 0 Å². The normalized spacial score (nSPS) is 10.0. The van der Waals surface area contributed by atoms with E-state index in [-0.39, 0.29) is 5.91 Å². The lowest BCUT2D eigenvalue weighted by Crippen LogP contribution is -2.47. The summed E-state index contributed by atoms with van der Waals surface area (Å²) in [4.78, 5) is 23.4. The monoisotopic (exact) mass is 343 g/mol. The number of carbonyl (C=O) groups is 2. The second-order valence-electron chi connectivity index (χ2n) is 5.24. The summed E-state index contributed by atoms with van der Waals surface area (Å²) in [6.07, 6.45) is 0. The molecule has 0 aliphatic heterocycles. The number of aryl methyl sites for hydroxylation is 1. The maximum absolute atomic E-state index is 11.7. The summed E-state index contributed by atoms with van der Waals surface area (Å²) in [5.74, 6) is 1.36. The molecule has 0 bridgehead atoms. The molecule has 5 nitrogen and oxygen atoms in total. The first-order chi connectivity index (χ1) is 11.6. The number of nitrogens with one attached hydrogen (secondary N) is 3. The van der Waals surface area contributed by atoms with Crippen molar-refractivity contribution in [2.45, 2.75) is 12.7 Å². The Labute approximate surface area is 146 Å². The number of thioether (sulfide) groups is 1. The highest BCUT2D eigenvalue weighted by Crippen LogP contribution is 2.12. The number of benzene rings is 2. The lowest BCUT2D eigenvalue weighted by Gasteiger charge is -2.09. The minimum atomic E-state index is -0.421. The first-order valence-corrected chi connectivity index (χ1v) is 8.83. The quantitative estimate of drug-likeness (QED) is 0.558. The standard InChI is InChI=1S/C18H21N3O2S/c1-14-7-9-15(10-8-14)13-24-12-11-19-18(23)21-20-17(22)16-5-3-2-4-6-16/h2-10H,11-13H2,1H3,(H,20,22)(H2,19,21,23). The molecule has 0 heterocycles. The van der Waals surface area contributed by atoms with Crippen molar-refractivity contribution in [2.75, 3.05) is 12.3 Å². The third kappa shape index (κ3) is 6.34. The van der Waals surface area contributed by atoms with E-state index in [0.29, 0.717) is 12.1 Å². The van der Waals surface area contributed by atoms with Crippen LogP contribution in [0.5, 0.6) is 0 Å². The van der Waals surface area contributed by atoms with Gasteiger partial charge in [0.05, 0.1) is 0 Å². The molecule has 0 unspecified atom stereocenters. The van der Waals surface area contributed by atoms with E-state index in [1.54, 1.807) is 36.0 Å². The van der Waals surface area contributed by atoms with Crippen LogP contribution in [0.2, 0.25) is 0 Å². The van der Waals surface area contributed by atoms with E-state index in [4.69, 9.17) is 0 Å². The molecule has 0 saturated carbocycles. The van der Waals surface area contributed by atoms with Gasteiger partial charge >= 0.3 is 6.03 Å². The average molecular weight is 343 g/mol. The van der Waals surface area contributed by atoms with Crippen LogP contribution in [-0.4, -0.2) is 24.2 Å². The van der Waals surface area contributed by atoms with Gasteiger partial charge in [-0.3, -0.25) is 10.2 Å². The second kappa shape index (κ2) is 9.62. The van der Waals surface area contributed by atoms with Gasteiger partial charge in [0.25, 0.3) is 5.91 Å². The van der Waals surface area contributed by atoms with Crippen molar-refractivity contribution in [3.05, 3.63) is 71.3 Å². The first kappa shape index (κ1) is 17.9. The van der Waals surface area contributed by atoms with Crippen molar-refractivity contribution in [2.24, 2.45) is 0 Å². The van der Waals surface area contributed by atoms with Crippen molar-refractivity contribution >= 4 is 23.7 Å². The molecule has 3 N–H and O–H groups in total. The summed E-state index contributed by atoms with van der Waals surface area (Å²) in [5.41, 5.74) is 7.71. The molecule has 2 aromatic rings. The number of hydrazine groups is 1. The van der Waals surface area contributed by atoms with Crippen molar-refractivity contribution in [1.29, 1.82) is 0 Å². The Kier molecular flexibility index (Phi) is 7.17. The summed E-state index contributed by atoms with van der Waals surface area (Å²) >= 11 is 1.75. The third-order valence-electron chi connectivity index (χ3n) is 3.25. The molecule has 0 saturated heterocycles. The highest BCUT2D eigenvalue weighted by atomic mass is 32.2. The smallest absolute Gasteiger partial charge is 0.333 e. The zero-order chi connectivity index (χ0) is 17.2. The summed E-state index contributed by atoms with van der Waals surface area (Å²) in [5, 5.41) is 2.70. The van der Waals surface area contributed by atoms with Crippen LogP contribution < -0.4 is 16.2 Å². The molecule has 0 radical (unpaired) electrons. The SMILES string of the molecule is Cc1ccc(CSCCNC(=O)NNC(=O)c2ccccc2)cc1. The number of urea groups is 1. The van der Waals surface area contributed by atoms with Gasteiger partial charge in [-0.05, 0) is 24.6 Å². The largest absolute Gasteiger partial charge is 0.336 e. The summed E-state index contributed by atoms with van der Waals surface area (Å²) in [6, 6.07) is 16.7. The van der Waals surface area contributed by atoms with Crippen molar-refractivity contribution in [3.63, 3.8) is 0 Å². The average Bonchev–Trinajstić information content (AvgIpc) is 2.61. The molecule has 0 atom stereocenters. The van der Waals surface area contributed by atoms with Crippen molar-refractivity contribution in [3.8, 4) is 0 Å². The molecule has 2 rings (SSSR count). The van der Waals surface area contributed by atoms with Crippen molar-refractivity contribution < 1.29 is 9.59 Å². The Morgan fingerprint density at radius 2 is 1.67 bits per heavy atom. The van der Waals surface area contributed by atoms with Gasteiger partial charge in [-0.2, -0.15) is 11.8 Å². The van der Waals surface area contributed by atoms with Crippen LogP contribution in [0.25, 0.3) is 0 Å². The zero-order valence-corrected chi connectivity index (χ0v) is 14.4. The topological polar surface area (TPSA) is 70.2 Å². The predicted molar refractivity (Wildman–Crippen MR) is 97.8 cm³/mol. The molecule has 24 heavy (non-hydrogen) atoms. The molecule has 0 aliphatic carbocycles.